The van der Waals surface area contributed by atoms with Gasteiger partial charge in [-0.1, -0.05) is 12.1 Å². The number of benzene rings is 1. The molecule has 0 unspecified atom stereocenters. The van der Waals surface area contributed by atoms with Crippen LogP contribution in [0.25, 0.3) is 0 Å². The highest BCUT2D eigenvalue weighted by atomic mass is 32.1. The minimum Gasteiger partial charge on any atom is -0.486 e. The standard InChI is InChI=1S/C16H17NO3S/c1-11(17-16(18)10-13-3-2-8-21-13)12-4-5-14-15(9-12)20-7-6-19-14/h2-5,8-9,11H,6-7,10H2,1H3,(H,17,18)/t11-/m0/s1. The van der Waals surface area contributed by atoms with Crippen LogP contribution in [0.1, 0.15) is 23.4 Å². The molecule has 1 aliphatic heterocycles. The number of hydrogen-bond acceptors (Lipinski definition) is 4. The third-order valence-corrected chi connectivity index (χ3v) is 4.24. The van der Waals surface area contributed by atoms with E-state index in [1.165, 1.54) is 0 Å². The summed E-state index contributed by atoms with van der Waals surface area (Å²) in [6.45, 7) is 3.12. The topological polar surface area (TPSA) is 47.6 Å². The van der Waals surface area contributed by atoms with E-state index < -0.39 is 0 Å². The van der Waals surface area contributed by atoms with Crippen LogP contribution in [0, 0.1) is 0 Å². The molecule has 0 saturated heterocycles. The molecule has 1 aromatic heterocycles. The van der Waals surface area contributed by atoms with Crippen molar-refractivity contribution in [1.82, 2.24) is 5.32 Å². The average Bonchev–Trinajstić information content (AvgIpc) is 2.99. The molecule has 0 spiro atoms. The Morgan fingerprint density at radius 2 is 2.10 bits per heavy atom. The largest absolute Gasteiger partial charge is 0.486 e. The number of ether oxygens (including phenoxy) is 2. The van der Waals surface area contributed by atoms with Crippen LogP contribution in [0.4, 0.5) is 0 Å². The molecule has 0 fully saturated rings. The van der Waals surface area contributed by atoms with Gasteiger partial charge in [0.25, 0.3) is 0 Å². The predicted octanol–water partition coefficient (Wildman–Crippen LogP) is 2.94. The maximum Gasteiger partial charge on any atom is 0.225 e. The number of rotatable bonds is 4. The summed E-state index contributed by atoms with van der Waals surface area (Å²) in [5.41, 5.74) is 1.01. The van der Waals surface area contributed by atoms with E-state index >= 15 is 0 Å². The van der Waals surface area contributed by atoms with Crippen LogP contribution in [0.2, 0.25) is 0 Å². The van der Waals surface area contributed by atoms with Crippen LogP contribution in [0.15, 0.2) is 35.7 Å². The molecule has 0 saturated carbocycles. The predicted molar refractivity (Wildman–Crippen MR) is 82.0 cm³/mol. The Morgan fingerprint density at radius 3 is 2.86 bits per heavy atom. The summed E-state index contributed by atoms with van der Waals surface area (Å²) < 4.78 is 11.1. The SMILES string of the molecule is C[C@H](NC(=O)Cc1cccs1)c1ccc2c(c1)OCCO2. The van der Waals surface area contributed by atoms with Crippen LogP contribution in [-0.4, -0.2) is 19.1 Å². The summed E-state index contributed by atoms with van der Waals surface area (Å²) in [4.78, 5) is 13.1. The number of carbonyl (C=O) groups is 1. The fourth-order valence-electron chi connectivity index (χ4n) is 2.28. The third kappa shape index (κ3) is 3.36. The first-order valence-corrected chi connectivity index (χ1v) is 7.81. The summed E-state index contributed by atoms with van der Waals surface area (Å²) in [5, 5.41) is 4.99. The van der Waals surface area contributed by atoms with Crippen LogP contribution in [0.5, 0.6) is 11.5 Å². The first-order valence-electron chi connectivity index (χ1n) is 6.93. The fourth-order valence-corrected chi connectivity index (χ4v) is 2.98. The molecule has 110 valence electrons. The van der Waals surface area contributed by atoms with Gasteiger partial charge < -0.3 is 14.8 Å². The summed E-state index contributed by atoms with van der Waals surface area (Å²) in [6.07, 6.45) is 0.423. The first kappa shape index (κ1) is 13.9. The fraction of sp³-hybridized carbons (Fsp3) is 0.312. The van der Waals surface area contributed by atoms with Gasteiger partial charge in [-0.15, -0.1) is 11.3 Å². The number of thiophene rings is 1. The molecular formula is C16H17NO3S. The molecule has 1 atom stereocenters. The number of hydrogen-bond donors (Lipinski definition) is 1. The van der Waals surface area contributed by atoms with Gasteiger partial charge in [-0.25, -0.2) is 0 Å². The van der Waals surface area contributed by atoms with Crippen molar-refractivity contribution in [3.63, 3.8) is 0 Å². The lowest BCUT2D eigenvalue weighted by molar-refractivity contribution is -0.121. The Morgan fingerprint density at radius 1 is 1.29 bits per heavy atom. The van der Waals surface area contributed by atoms with Crippen LogP contribution < -0.4 is 14.8 Å². The Labute approximate surface area is 127 Å². The van der Waals surface area contributed by atoms with Crippen LogP contribution >= 0.6 is 11.3 Å². The Kier molecular flexibility index (Phi) is 4.10. The molecule has 0 radical (unpaired) electrons. The van der Waals surface area contributed by atoms with Crippen molar-refractivity contribution in [3.8, 4) is 11.5 Å². The number of amides is 1. The lowest BCUT2D eigenvalue weighted by atomic mass is 10.1. The van der Waals surface area contributed by atoms with Gasteiger partial charge in [0.05, 0.1) is 12.5 Å². The maximum absolute atomic E-state index is 12.0. The smallest absolute Gasteiger partial charge is 0.225 e. The zero-order chi connectivity index (χ0) is 14.7. The maximum atomic E-state index is 12.0. The second kappa shape index (κ2) is 6.18. The summed E-state index contributed by atoms with van der Waals surface area (Å²) in [7, 11) is 0. The van der Waals surface area contributed by atoms with Gasteiger partial charge in [0.15, 0.2) is 11.5 Å². The molecule has 4 nitrogen and oxygen atoms in total. The molecule has 0 bridgehead atoms. The van der Waals surface area contributed by atoms with E-state index in [-0.39, 0.29) is 11.9 Å². The van der Waals surface area contributed by atoms with Gasteiger partial charge >= 0.3 is 0 Å². The molecule has 2 heterocycles. The Bertz CT molecular complexity index is 624. The molecule has 1 amide bonds. The summed E-state index contributed by atoms with van der Waals surface area (Å²) >= 11 is 1.60. The number of fused-ring (bicyclic) bond motifs is 1. The molecule has 21 heavy (non-hydrogen) atoms. The zero-order valence-electron chi connectivity index (χ0n) is 11.8. The van der Waals surface area contributed by atoms with Gasteiger partial charge in [0.2, 0.25) is 5.91 Å². The van der Waals surface area contributed by atoms with E-state index in [0.29, 0.717) is 19.6 Å². The first-order chi connectivity index (χ1) is 10.2. The Hall–Kier alpha value is -2.01. The van der Waals surface area contributed by atoms with Gasteiger partial charge in [-0.2, -0.15) is 0 Å². The molecular weight excluding hydrogens is 286 g/mol. The van der Waals surface area contributed by atoms with E-state index in [9.17, 15) is 4.79 Å². The summed E-state index contributed by atoms with van der Waals surface area (Å²) in [5.74, 6) is 1.54. The van der Waals surface area contributed by atoms with Gasteiger partial charge in [0, 0.05) is 4.88 Å². The van der Waals surface area contributed by atoms with Crippen LogP contribution in [-0.2, 0) is 11.2 Å². The molecule has 1 aromatic carbocycles. The molecule has 3 rings (SSSR count). The second-order valence-corrected chi connectivity index (χ2v) is 5.98. The van der Waals surface area contributed by atoms with Gasteiger partial charge in [-0.05, 0) is 36.1 Å². The monoisotopic (exact) mass is 303 g/mol. The normalized spacial score (nSPS) is 14.5. The highest BCUT2D eigenvalue weighted by Crippen LogP contribution is 2.32. The Balaban J connectivity index is 1.64. The van der Waals surface area contributed by atoms with Crippen molar-refractivity contribution >= 4 is 17.2 Å². The number of nitrogens with one attached hydrogen (secondary N) is 1. The van der Waals surface area contributed by atoms with Gasteiger partial charge in [-0.3, -0.25) is 4.79 Å². The van der Waals surface area contributed by atoms with E-state index in [1.54, 1.807) is 11.3 Å². The quantitative estimate of drug-likeness (QED) is 0.944. The molecule has 5 heteroatoms. The van der Waals surface area contributed by atoms with Crippen molar-refractivity contribution in [2.45, 2.75) is 19.4 Å². The van der Waals surface area contributed by atoms with E-state index in [0.717, 1.165) is 21.9 Å². The van der Waals surface area contributed by atoms with Crippen molar-refractivity contribution in [2.24, 2.45) is 0 Å². The second-order valence-electron chi connectivity index (χ2n) is 4.95. The molecule has 1 N–H and O–H groups in total. The van der Waals surface area contributed by atoms with E-state index in [4.69, 9.17) is 9.47 Å². The van der Waals surface area contributed by atoms with Gasteiger partial charge in [0.1, 0.15) is 13.2 Å². The minimum atomic E-state index is -0.0618. The highest BCUT2D eigenvalue weighted by Gasteiger charge is 2.16. The lowest BCUT2D eigenvalue weighted by Gasteiger charge is -2.21. The lowest BCUT2D eigenvalue weighted by Crippen LogP contribution is -2.28. The summed E-state index contributed by atoms with van der Waals surface area (Å²) in [6, 6.07) is 9.66. The van der Waals surface area contributed by atoms with E-state index in [1.807, 2.05) is 42.6 Å². The molecule has 1 aliphatic rings. The van der Waals surface area contributed by atoms with Crippen molar-refractivity contribution in [2.75, 3.05) is 13.2 Å². The van der Waals surface area contributed by atoms with Crippen molar-refractivity contribution in [1.29, 1.82) is 0 Å². The number of carbonyl (C=O) groups excluding carboxylic acids is 1. The third-order valence-electron chi connectivity index (χ3n) is 3.36. The molecule has 0 aliphatic carbocycles. The minimum absolute atomic E-state index is 0.0276. The average molecular weight is 303 g/mol. The van der Waals surface area contributed by atoms with Crippen LogP contribution in [0.3, 0.4) is 0 Å². The van der Waals surface area contributed by atoms with E-state index in [2.05, 4.69) is 5.32 Å². The highest BCUT2D eigenvalue weighted by molar-refractivity contribution is 7.10. The van der Waals surface area contributed by atoms with Crippen molar-refractivity contribution in [3.05, 3.63) is 46.2 Å². The zero-order valence-corrected chi connectivity index (χ0v) is 12.6. The van der Waals surface area contributed by atoms with Crippen molar-refractivity contribution < 1.29 is 14.3 Å². The molecule has 2 aromatic rings.